The molecule has 0 spiro atoms. The van der Waals surface area contributed by atoms with E-state index in [4.69, 9.17) is 5.73 Å². The summed E-state index contributed by atoms with van der Waals surface area (Å²) in [5.74, 6) is 5.26. The van der Waals surface area contributed by atoms with Crippen LogP contribution in [0.1, 0.15) is 28.4 Å². The lowest BCUT2D eigenvalue weighted by atomic mass is 10.2. The van der Waals surface area contributed by atoms with Gasteiger partial charge in [0.25, 0.3) is 5.91 Å². The number of hydrogen-bond donors (Lipinski definition) is 2. The summed E-state index contributed by atoms with van der Waals surface area (Å²) < 4.78 is 22.1. The Kier molecular flexibility index (Phi) is 5.34. The number of nitrogens with one attached hydrogen (secondary N) is 1. The smallest absolute Gasteiger partial charge is 0.261 e. The third-order valence-electron chi connectivity index (χ3n) is 2.82. The highest BCUT2D eigenvalue weighted by Crippen LogP contribution is 2.17. The summed E-state index contributed by atoms with van der Waals surface area (Å²) in [7, 11) is -3.23. The highest BCUT2D eigenvalue weighted by atomic mass is 32.2. The third-order valence-corrected chi connectivity index (χ3v) is 5.97. The highest BCUT2D eigenvalue weighted by Gasteiger charge is 2.30. The summed E-state index contributed by atoms with van der Waals surface area (Å²) in [5.41, 5.74) is 5.27. The van der Waals surface area contributed by atoms with E-state index < -0.39 is 14.6 Å². The first-order chi connectivity index (χ1) is 9.17. The van der Waals surface area contributed by atoms with Gasteiger partial charge in [0.1, 0.15) is 0 Å². The molecule has 1 aromatic heterocycles. The van der Waals surface area contributed by atoms with Crippen molar-refractivity contribution in [2.24, 2.45) is 5.73 Å². The van der Waals surface area contributed by atoms with Crippen molar-refractivity contribution < 1.29 is 13.2 Å². The van der Waals surface area contributed by atoms with Gasteiger partial charge in [-0.1, -0.05) is 11.8 Å². The lowest BCUT2D eigenvalue weighted by Gasteiger charge is -2.22. The molecule has 0 aromatic carbocycles. The minimum atomic E-state index is -3.23. The number of sulfone groups is 1. The number of carbonyl (C=O) groups excluding carboxylic acids is 1. The first kappa shape index (κ1) is 16.7. The summed E-state index contributed by atoms with van der Waals surface area (Å²) >= 11 is 1.25. The van der Waals surface area contributed by atoms with Crippen LogP contribution >= 0.6 is 11.3 Å². The molecule has 0 saturated heterocycles. The van der Waals surface area contributed by atoms with Gasteiger partial charge in [-0.15, -0.1) is 11.3 Å². The highest BCUT2D eigenvalue weighted by molar-refractivity contribution is 7.92. The zero-order valence-corrected chi connectivity index (χ0v) is 13.3. The third kappa shape index (κ3) is 4.34. The number of rotatable bonds is 4. The fraction of sp³-hybridized carbons (Fsp3) is 0.462. The van der Waals surface area contributed by atoms with Gasteiger partial charge in [0, 0.05) is 12.8 Å². The van der Waals surface area contributed by atoms with Crippen LogP contribution in [0.15, 0.2) is 12.1 Å². The first-order valence-electron chi connectivity index (χ1n) is 5.94. The van der Waals surface area contributed by atoms with Crippen LogP contribution in [0, 0.1) is 11.8 Å². The molecule has 0 atom stereocenters. The molecule has 0 radical (unpaired) electrons. The van der Waals surface area contributed by atoms with Crippen molar-refractivity contribution in [2.75, 3.05) is 19.3 Å². The molecule has 3 N–H and O–H groups in total. The van der Waals surface area contributed by atoms with Gasteiger partial charge in [-0.05, 0) is 26.0 Å². The van der Waals surface area contributed by atoms with Crippen molar-refractivity contribution in [1.29, 1.82) is 0 Å². The summed E-state index contributed by atoms with van der Waals surface area (Å²) in [4.78, 5) is 13.2. The van der Waals surface area contributed by atoms with Gasteiger partial charge >= 0.3 is 0 Å². The SMILES string of the molecule is CC(C)(CNC(=O)c1ccc(C#CCN)s1)S(C)(=O)=O. The van der Waals surface area contributed by atoms with E-state index in [1.165, 1.54) is 11.3 Å². The first-order valence-corrected chi connectivity index (χ1v) is 8.65. The Bertz CT molecular complexity index is 649. The van der Waals surface area contributed by atoms with E-state index in [0.29, 0.717) is 4.88 Å². The van der Waals surface area contributed by atoms with Crippen LogP contribution in [0.5, 0.6) is 0 Å². The summed E-state index contributed by atoms with van der Waals surface area (Å²) in [6, 6.07) is 3.40. The van der Waals surface area contributed by atoms with Crippen LogP contribution in [-0.4, -0.2) is 38.4 Å². The zero-order chi connectivity index (χ0) is 15.4. The lowest BCUT2D eigenvalue weighted by molar-refractivity contribution is 0.0954. The largest absolute Gasteiger partial charge is 0.350 e. The maximum Gasteiger partial charge on any atom is 0.261 e. The number of nitrogens with two attached hydrogens (primary N) is 1. The number of thiophene rings is 1. The minimum absolute atomic E-state index is 0.0619. The second-order valence-corrected chi connectivity index (χ2v) is 8.62. The van der Waals surface area contributed by atoms with Crippen LogP contribution in [-0.2, 0) is 9.84 Å². The molecule has 0 aliphatic rings. The predicted molar refractivity (Wildman–Crippen MR) is 81.5 cm³/mol. The second-order valence-electron chi connectivity index (χ2n) is 4.88. The standard InChI is InChI=1S/C13H18N2O3S2/c1-13(2,20(3,17)18)9-15-12(16)11-7-6-10(19-11)5-4-8-14/h6-7H,8-9,14H2,1-3H3,(H,15,16). The van der Waals surface area contributed by atoms with Gasteiger partial charge in [0.15, 0.2) is 9.84 Å². The number of carbonyl (C=O) groups is 1. The lowest BCUT2D eigenvalue weighted by Crippen LogP contribution is -2.43. The molecule has 7 heteroatoms. The van der Waals surface area contributed by atoms with E-state index in [-0.39, 0.29) is 19.0 Å². The Balaban J connectivity index is 2.71. The fourth-order valence-corrected chi connectivity index (χ4v) is 2.31. The van der Waals surface area contributed by atoms with Crippen LogP contribution in [0.25, 0.3) is 0 Å². The topological polar surface area (TPSA) is 89.3 Å². The van der Waals surface area contributed by atoms with Crippen molar-refractivity contribution in [3.63, 3.8) is 0 Å². The summed E-state index contributed by atoms with van der Waals surface area (Å²) in [6.07, 6.45) is 1.16. The Morgan fingerprint density at radius 1 is 1.45 bits per heavy atom. The Hall–Kier alpha value is -1.36. The molecule has 5 nitrogen and oxygen atoms in total. The van der Waals surface area contributed by atoms with E-state index >= 15 is 0 Å². The predicted octanol–water partition coefficient (Wildman–Crippen LogP) is 0.611. The van der Waals surface area contributed by atoms with Crippen molar-refractivity contribution in [2.45, 2.75) is 18.6 Å². The van der Waals surface area contributed by atoms with Crippen LogP contribution in [0.4, 0.5) is 0 Å². The average Bonchev–Trinajstić information content (AvgIpc) is 2.81. The zero-order valence-electron chi connectivity index (χ0n) is 11.7. The molecule has 20 heavy (non-hydrogen) atoms. The average molecular weight is 314 g/mol. The van der Waals surface area contributed by atoms with Crippen LogP contribution < -0.4 is 11.1 Å². The molecular formula is C13H18N2O3S2. The molecule has 0 aliphatic heterocycles. The molecule has 0 fully saturated rings. The van der Waals surface area contributed by atoms with Crippen LogP contribution in [0.3, 0.4) is 0 Å². The fourth-order valence-electron chi connectivity index (χ4n) is 1.18. The van der Waals surface area contributed by atoms with Gasteiger partial charge in [-0.2, -0.15) is 0 Å². The van der Waals surface area contributed by atoms with E-state index in [2.05, 4.69) is 17.2 Å². The van der Waals surface area contributed by atoms with Crippen LogP contribution in [0.2, 0.25) is 0 Å². The Labute approximate surface area is 123 Å². The minimum Gasteiger partial charge on any atom is -0.350 e. The second kappa shape index (κ2) is 6.39. The van der Waals surface area contributed by atoms with Gasteiger partial charge in [-0.25, -0.2) is 8.42 Å². The molecule has 1 aromatic rings. The van der Waals surface area contributed by atoms with E-state index in [1.54, 1.807) is 26.0 Å². The van der Waals surface area contributed by atoms with E-state index in [9.17, 15) is 13.2 Å². The monoisotopic (exact) mass is 314 g/mol. The normalized spacial score (nSPS) is 11.6. The number of amides is 1. The van der Waals surface area contributed by atoms with Gasteiger partial charge in [0.2, 0.25) is 0 Å². The van der Waals surface area contributed by atoms with E-state index in [1.807, 2.05) is 0 Å². The van der Waals surface area contributed by atoms with Gasteiger partial charge in [0.05, 0.1) is 21.0 Å². The molecule has 0 aliphatic carbocycles. The molecule has 1 heterocycles. The number of hydrogen-bond acceptors (Lipinski definition) is 5. The van der Waals surface area contributed by atoms with E-state index in [0.717, 1.165) is 11.1 Å². The molecule has 0 bridgehead atoms. The molecule has 0 unspecified atom stereocenters. The van der Waals surface area contributed by atoms with Gasteiger partial charge < -0.3 is 11.1 Å². The quantitative estimate of drug-likeness (QED) is 0.797. The Morgan fingerprint density at radius 3 is 2.65 bits per heavy atom. The van der Waals surface area contributed by atoms with Gasteiger partial charge in [-0.3, -0.25) is 4.79 Å². The van der Waals surface area contributed by atoms with Crippen molar-refractivity contribution in [3.8, 4) is 11.8 Å². The summed E-state index contributed by atoms with van der Waals surface area (Å²) in [6.45, 7) is 3.48. The molecule has 1 amide bonds. The van der Waals surface area contributed by atoms with Crippen molar-refractivity contribution in [3.05, 3.63) is 21.9 Å². The molecule has 0 saturated carbocycles. The Morgan fingerprint density at radius 2 is 2.10 bits per heavy atom. The maximum atomic E-state index is 11.9. The maximum absolute atomic E-state index is 11.9. The molecule has 110 valence electrons. The van der Waals surface area contributed by atoms with Crippen molar-refractivity contribution in [1.82, 2.24) is 5.32 Å². The molecule has 1 rings (SSSR count). The molecular weight excluding hydrogens is 296 g/mol. The summed E-state index contributed by atoms with van der Waals surface area (Å²) in [5, 5.41) is 2.63. The van der Waals surface area contributed by atoms with Crippen molar-refractivity contribution >= 4 is 27.1 Å².